The first-order chi connectivity index (χ1) is 13.5. The zero-order chi connectivity index (χ0) is 21.3. The van der Waals surface area contributed by atoms with Crippen LogP contribution in [0.4, 0.5) is 18.9 Å². The summed E-state index contributed by atoms with van der Waals surface area (Å²) in [6.45, 7) is 3.97. The van der Waals surface area contributed by atoms with E-state index in [0.29, 0.717) is 22.0 Å². The molecule has 1 aromatic heterocycles. The van der Waals surface area contributed by atoms with Crippen molar-refractivity contribution >= 4 is 17.5 Å². The Balaban J connectivity index is 1.80. The molecule has 0 radical (unpaired) electrons. The van der Waals surface area contributed by atoms with Crippen molar-refractivity contribution < 1.29 is 27.3 Å². The fraction of sp³-hybridized carbons (Fsp3) is 0.474. The number of rotatable bonds is 5. The van der Waals surface area contributed by atoms with Gasteiger partial charge in [0.1, 0.15) is 6.54 Å². The summed E-state index contributed by atoms with van der Waals surface area (Å²) < 4.78 is 43.1. The normalized spacial score (nSPS) is 17.3. The molecule has 29 heavy (non-hydrogen) atoms. The minimum Gasteiger partial charge on any atom is -0.334 e. The molecular weight excluding hydrogens is 389 g/mol. The molecule has 0 spiro atoms. The Labute approximate surface area is 165 Å². The topological polar surface area (TPSA) is 88.3 Å². The lowest BCUT2D eigenvalue weighted by Gasteiger charge is -2.18. The zero-order valence-corrected chi connectivity index (χ0v) is 16.2. The monoisotopic (exact) mass is 410 g/mol. The maximum atomic E-state index is 12.7. The minimum absolute atomic E-state index is 0.0551. The maximum Gasteiger partial charge on any atom is 0.406 e. The van der Waals surface area contributed by atoms with Gasteiger partial charge in [-0.3, -0.25) is 9.59 Å². The second-order valence-electron chi connectivity index (χ2n) is 7.39. The van der Waals surface area contributed by atoms with Crippen molar-refractivity contribution in [2.75, 3.05) is 18.4 Å². The Bertz CT molecular complexity index is 924. The van der Waals surface area contributed by atoms with Gasteiger partial charge >= 0.3 is 6.18 Å². The van der Waals surface area contributed by atoms with Gasteiger partial charge in [0.2, 0.25) is 11.8 Å². The van der Waals surface area contributed by atoms with E-state index >= 15 is 0 Å². The van der Waals surface area contributed by atoms with Gasteiger partial charge in [-0.05, 0) is 18.6 Å². The largest absolute Gasteiger partial charge is 0.406 e. The molecule has 0 bridgehead atoms. The Morgan fingerprint density at radius 3 is 2.72 bits per heavy atom. The summed E-state index contributed by atoms with van der Waals surface area (Å²) in [5.74, 6) is -1.28. The lowest BCUT2D eigenvalue weighted by molar-refractivity contribution is -0.157. The number of aryl methyl sites for hydroxylation is 1. The standard InChI is InChI=1S/C19H21F3N4O3/c1-10(2)16-24-18(29-25-16)13-6-4-5-11(3)15(13)23-17(28)12-7-14(27)26(8-12)9-19(20,21)22/h4-6,10,12H,7-9H2,1-3H3,(H,23,28). The van der Waals surface area contributed by atoms with Crippen LogP contribution in [0.3, 0.4) is 0 Å². The van der Waals surface area contributed by atoms with E-state index < -0.39 is 30.5 Å². The van der Waals surface area contributed by atoms with Crippen LogP contribution in [0.2, 0.25) is 0 Å². The molecular formula is C19H21F3N4O3. The van der Waals surface area contributed by atoms with Crippen LogP contribution in [0.25, 0.3) is 11.5 Å². The first-order valence-electron chi connectivity index (χ1n) is 9.14. The van der Waals surface area contributed by atoms with Crippen LogP contribution in [0, 0.1) is 12.8 Å². The highest BCUT2D eigenvalue weighted by Gasteiger charge is 2.40. The van der Waals surface area contributed by atoms with E-state index in [4.69, 9.17) is 4.52 Å². The number of benzene rings is 1. The molecule has 1 saturated heterocycles. The number of amides is 2. The number of carbonyl (C=O) groups is 2. The lowest BCUT2D eigenvalue weighted by atomic mass is 10.0. The fourth-order valence-electron chi connectivity index (χ4n) is 3.13. The van der Waals surface area contributed by atoms with Crippen molar-refractivity contribution in [3.63, 3.8) is 0 Å². The highest BCUT2D eigenvalue weighted by molar-refractivity contribution is 6.00. The third-order valence-electron chi connectivity index (χ3n) is 4.66. The van der Waals surface area contributed by atoms with Gasteiger partial charge in [0, 0.05) is 18.9 Å². The van der Waals surface area contributed by atoms with E-state index in [0.717, 1.165) is 5.56 Å². The van der Waals surface area contributed by atoms with Crippen molar-refractivity contribution in [1.82, 2.24) is 15.0 Å². The summed E-state index contributed by atoms with van der Waals surface area (Å²) in [6, 6.07) is 5.24. The van der Waals surface area contributed by atoms with Gasteiger partial charge < -0.3 is 14.7 Å². The van der Waals surface area contributed by atoms with Crippen LogP contribution < -0.4 is 5.32 Å². The molecule has 1 aliphatic heterocycles. The molecule has 1 atom stereocenters. The predicted octanol–water partition coefficient (Wildman–Crippen LogP) is 3.52. The van der Waals surface area contributed by atoms with Gasteiger partial charge in [-0.25, -0.2) is 0 Å². The van der Waals surface area contributed by atoms with Gasteiger partial charge in [-0.2, -0.15) is 18.2 Å². The van der Waals surface area contributed by atoms with Crippen molar-refractivity contribution in [1.29, 1.82) is 0 Å². The maximum absolute atomic E-state index is 12.7. The Kier molecular flexibility index (Phi) is 5.63. The molecule has 2 amide bonds. The summed E-state index contributed by atoms with van der Waals surface area (Å²) in [4.78, 5) is 29.5. The first kappa shape index (κ1) is 20.8. The quantitative estimate of drug-likeness (QED) is 0.815. The van der Waals surface area contributed by atoms with Gasteiger partial charge in [0.25, 0.3) is 5.89 Å². The second-order valence-corrected chi connectivity index (χ2v) is 7.39. The van der Waals surface area contributed by atoms with E-state index in [1.807, 2.05) is 13.8 Å². The van der Waals surface area contributed by atoms with Gasteiger partial charge in [-0.15, -0.1) is 0 Å². The van der Waals surface area contributed by atoms with Gasteiger partial charge in [-0.1, -0.05) is 31.1 Å². The Morgan fingerprint density at radius 2 is 2.10 bits per heavy atom. The molecule has 0 aliphatic carbocycles. The van der Waals surface area contributed by atoms with E-state index in [1.165, 1.54) is 0 Å². The summed E-state index contributed by atoms with van der Waals surface area (Å²) in [6.07, 6.45) is -4.77. The number of para-hydroxylation sites is 1. The number of nitrogens with one attached hydrogen (secondary N) is 1. The summed E-state index contributed by atoms with van der Waals surface area (Å²) >= 11 is 0. The third-order valence-corrected chi connectivity index (χ3v) is 4.66. The van der Waals surface area contributed by atoms with Crippen LogP contribution in [0.5, 0.6) is 0 Å². The smallest absolute Gasteiger partial charge is 0.334 e. The van der Waals surface area contributed by atoms with Crippen molar-refractivity contribution in [2.24, 2.45) is 5.92 Å². The third kappa shape index (κ3) is 4.75. The summed E-state index contributed by atoms with van der Waals surface area (Å²) in [5.41, 5.74) is 1.66. The number of hydrogen-bond donors (Lipinski definition) is 1. The molecule has 10 heteroatoms. The van der Waals surface area contributed by atoms with Crippen LogP contribution in [-0.2, 0) is 9.59 Å². The highest BCUT2D eigenvalue weighted by atomic mass is 19.4. The molecule has 156 valence electrons. The number of alkyl halides is 3. The molecule has 7 nitrogen and oxygen atoms in total. The zero-order valence-electron chi connectivity index (χ0n) is 16.2. The number of nitrogens with zero attached hydrogens (tertiary/aromatic N) is 3. The molecule has 0 saturated carbocycles. The Morgan fingerprint density at radius 1 is 1.38 bits per heavy atom. The number of likely N-dealkylation sites (tertiary alicyclic amines) is 1. The highest BCUT2D eigenvalue weighted by Crippen LogP contribution is 2.32. The number of aromatic nitrogens is 2. The molecule has 1 aromatic carbocycles. The average molecular weight is 410 g/mol. The summed E-state index contributed by atoms with van der Waals surface area (Å²) in [7, 11) is 0. The molecule has 1 aliphatic rings. The molecule has 1 N–H and O–H groups in total. The summed E-state index contributed by atoms with van der Waals surface area (Å²) in [5, 5.41) is 6.65. The van der Waals surface area contributed by atoms with E-state index in [-0.39, 0.29) is 24.8 Å². The number of carbonyl (C=O) groups excluding carboxylic acids is 2. The van der Waals surface area contributed by atoms with E-state index in [2.05, 4.69) is 15.5 Å². The van der Waals surface area contributed by atoms with Crippen LogP contribution in [0.15, 0.2) is 22.7 Å². The van der Waals surface area contributed by atoms with E-state index in [1.54, 1.807) is 25.1 Å². The van der Waals surface area contributed by atoms with Gasteiger partial charge in [0.15, 0.2) is 5.82 Å². The molecule has 1 fully saturated rings. The van der Waals surface area contributed by atoms with Crippen LogP contribution in [-0.4, -0.2) is 46.1 Å². The number of anilines is 1. The molecule has 1 unspecified atom stereocenters. The number of hydrogen-bond acceptors (Lipinski definition) is 5. The average Bonchev–Trinajstić information content (AvgIpc) is 3.23. The van der Waals surface area contributed by atoms with Crippen LogP contribution in [0.1, 0.15) is 37.6 Å². The van der Waals surface area contributed by atoms with Crippen molar-refractivity contribution in [3.8, 4) is 11.5 Å². The van der Waals surface area contributed by atoms with Crippen LogP contribution >= 0.6 is 0 Å². The van der Waals surface area contributed by atoms with Crippen molar-refractivity contribution in [3.05, 3.63) is 29.6 Å². The fourth-order valence-corrected chi connectivity index (χ4v) is 3.13. The number of halogens is 3. The first-order valence-corrected chi connectivity index (χ1v) is 9.14. The molecule has 2 heterocycles. The SMILES string of the molecule is Cc1cccc(-c2nc(C(C)C)no2)c1NC(=O)C1CC(=O)N(CC(F)(F)F)C1. The molecule has 3 rings (SSSR count). The lowest BCUT2D eigenvalue weighted by Crippen LogP contribution is -2.36. The van der Waals surface area contributed by atoms with Gasteiger partial charge in [0.05, 0.1) is 17.2 Å². The minimum atomic E-state index is -4.50. The molecule has 2 aromatic rings. The second kappa shape index (κ2) is 7.84. The predicted molar refractivity (Wildman–Crippen MR) is 97.9 cm³/mol. The van der Waals surface area contributed by atoms with Crippen molar-refractivity contribution in [2.45, 2.75) is 39.3 Å². The van der Waals surface area contributed by atoms with E-state index in [9.17, 15) is 22.8 Å². The Hall–Kier alpha value is -2.91.